The number of pyridine rings is 1. The molecule has 3 aromatic rings. The Bertz CT molecular complexity index is 810. The monoisotopic (exact) mass is 296 g/mol. The summed E-state index contributed by atoms with van der Waals surface area (Å²) in [6.07, 6.45) is 1.61. The van der Waals surface area contributed by atoms with E-state index in [1.165, 1.54) is 12.1 Å². The number of furan rings is 1. The quantitative estimate of drug-likeness (QED) is 0.793. The van der Waals surface area contributed by atoms with Crippen LogP contribution in [0.15, 0.2) is 59.1 Å². The number of anilines is 1. The first-order valence-corrected chi connectivity index (χ1v) is 6.72. The van der Waals surface area contributed by atoms with Gasteiger partial charge in [0.25, 0.3) is 5.91 Å². The number of benzene rings is 1. The fourth-order valence-corrected chi connectivity index (χ4v) is 2.01. The Hall–Kier alpha value is -2.95. The molecule has 0 bridgehead atoms. The lowest BCUT2D eigenvalue weighted by Gasteiger charge is -2.04. The van der Waals surface area contributed by atoms with Gasteiger partial charge in [-0.05, 0) is 55.0 Å². The lowest BCUT2D eigenvalue weighted by atomic mass is 10.2. The Balaban J connectivity index is 1.80. The van der Waals surface area contributed by atoms with Crippen LogP contribution in [-0.4, -0.2) is 10.9 Å². The molecule has 1 amide bonds. The number of aryl methyl sites for hydroxylation is 1. The standard InChI is InChI=1S/C17H13FN2O2/c1-11-3-2-10-19-16(11)20-17(21)15-9-8-14(22-15)12-4-6-13(18)7-5-12/h2-10H,1H3,(H,19,20,21). The van der Waals surface area contributed by atoms with Crippen LogP contribution in [0.4, 0.5) is 10.2 Å². The van der Waals surface area contributed by atoms with Crippen LogP contribution in [-0.2, 0) is 0 Å². The molecule has 0 spiro atoms. The van der Waals surface area contributed by atoms with E-state index in [1.54, 1.807) is 36.5 Å². The first kappa shape index (κ1) is 14.0. The van der Waals surface area contributed by atoms with Gasteiger partial charge in [-0.15, -0.1) is 0 Å². The number of amides is 1. The Labute approximate surface area is 126 Å². The van der Waals surface area contributed by atoms with Crippen molar-refractivity contribution in [2.75, 3.05) is 5.32 Å². The summed E-state index contributed by atoms with van der Waals surface area (Å²) in [6.45, 7) is 1.86. The first-order chi connectivity index (χ1) is 10.6. The topological polar surface area (TPSA) is 55.1 Å². The first-order valence-electron chi connectivity index (χ1n) is 6.72. The smallest absolute Gasteiger partial charge is 0.292 e. The highest BCUT2D eigenvalue weighted by atomic mass is 19.1. The zero-order valence-electron chi connectivity index (χ0n) is 11.8. The fourth-order valence-electron chi connectivity index (χ4n) is 2.01. The van der Waals surface area contributed by atoms with E-state index in [4.69, 9.17) is 4.42 Å². The molecule has 2 aromatic heterocycles. The third-order valence-corrected chi connectivity index (χ3v) is 3.20. The molecule has 0 aliphatic heterocycles. The molecule has 0 radical (unpaired) electrons. The Morgan fingerprint density at radius 3 is 2.64 bits per heavy atom. The minimum absolute atomic E-state index is 0.171. The summed E-state index contributed by atoms with van der Waals surface area (Å²) in [7, 11) is 0. The highest BCUT2D eigenvalue weighted by molar-refractivity contribution is 6.02. The maximum absolute atomic E-state index is 12.9. The van der Waals surface area contributed by atoms with E-state index in [-0.39, 0.29) is 17.5 Å². The molecular formula is C17H13FN2O2. The van der Waals surface area contributed by atoms with Crippen molar-refractivity contribution in [2.45, 2.75) is 6.92 Å². The van der Waals surface area contributed by atoms with E-state index in [2.05, 4.69) is 10.3 Å². The van der Waals surface area contributed by atoms with E-state index < -0.39 is 0 Å². The fraction of sp³-hybridized carbons (Fsp3) is 0.0588. The van der Waals surface area contributed by atoms with Gasteiger partial charge in [0.1, 0.15) is 17.4 Å². The lowest BCUT2D eigenvalue weighted by molar-refractivity contribution is 0.0997. The van der Waals surface area contributed by atoms with E-state index in [0.29, 0.717) is 17.1 Å². The van der Waals surface area contributed by atoms with Gasteiger partial charge >= 0.3 is 0 Å². The summed E-state index contributed by atoms with van der Waals surface area (Å²) in [5, 5.41) is 2.70. The van der Waals surface area contributed by atoms with Gasteiger partial charge in [0.2, 0.25) is 0 Å². The van der Waals surface area contributed by atoms with Crippen LogP contribution >= 0.6 is 0 Å². The minimum Gasteiger partial charge on any atom is -0.451 e. The molecule has 0 aliphatic rings. The lowest BCUT2D eigenvalue weighted by Crippen LogP contribution is -2.12. The van der Waals surface area contributed by atoms with Crippen LogP contribution < -0.4 is 5.32 Å². The molecule has 5 heteroatoms. The number of carbonyl (C=O) groups is 1. The van der Waals surface area contributed by atoms with Crippen LogP contribution in [0.5, 0.6) is 0 Å². The maximum atomic E-state index is 12.9. The third kappa shape index (κ3) is 2.88. The molecule has 1 N–H and O–H groups in total. The number of nitrogens with one attached hydrogen (secondary N) is 1. The normalized spacial score (nSPS) is 10.5. The molecule has 4 nitrogen and oxygen atoms in total. The molecule has 110 valence electrons. The van der Waals surface area contributed by atoms with E-state index in [9.17, 15) is 9.18 Å². The molecule has 0 atom stereocenters. The van der Waals surface area contributed by atoms with Crippen LogP contribution in [0, 0.1) is 12.7 Å². The third-order valence-electron chi connectivity index (χ3n) is 3.20. The number of halogens is 1. The predicted molar refractivity (Wildman–Crippen MR) is 81.0 cm³/mol. The van der Waals surface area contributed by atoms with Gasteiger partial charge in [0.05, 0.1) is 0 Å². The molecule has 22 heavy (non-hydrogen) atoms. The average molecular weight is 296 g/mol. The average Bonchev–Trinajstić information content (AvgIpc) is 3.00. The number of rotatable bonds is 3. The van der Waals surface area contributed by atoms with E-state index >= 15 is 0 Å². The summed E-state index contributed by atoms with van der Waals surface area (Å²) in [6, 6.07) is 12.8. The highest BCUT2D eigenvalue weighted by Gasteiger charge is 2.13. The van der Waals surface area contributed by atoms with Crippen LogP contribution in [0.3, 0.4) is 0 Å². The van der Waals surface area contributed by atoms with Crippen molar-refractivity contribution in [3.8, 4) is 11.3 Å². The van der Waals surface area contributed by atoms with E-state index in [0.717, 1.165) is 5.56 Å². The predicted octanol–water partition coefficient (Wildman–Crippen LogP) is 4.04. The summed E-state index contributed by atoms with van der Waals surface area (Å²) in [4.78, 5) is 16.3. The molecule has 2 heterocycles. The zero-order valence-corrected chi connectivity index (χ0v) is 11.8. The summed E-state index contributed by atoms with van der Waals surface area (Å²) < 4.78 is 18.4. The second kappa shape index (κ2) is 5.81. The molecule has 1 aromatic carbocycles. The SMILES string of the molecule is Cc1cccnc1NC(=O)c1ccc(-c2ccc(F)cc2)o1. The van der Waals surface area contributed by atoms with Crippen molar-refractivity contribution < 1.29 is 13.6 Å². The zero-order chi connectivity index (χ0) is 15.5. The molecule has 0 unspecified atom stereocenters. The Morgan fingerprint density at radius 2 is 1.91 bits per heavy atom. The Kier molecular flexibility index (Phi) is 3.70. The van der Waals surface area contributed by atoms with Gasteiger partial charge in [0.15, 0.2) is 5.76 Å². The van der Waals surface area contributed by atoms with Crippen molar-refractivity contribution in [1.82, 2.24) is 4.98 Å². The molecule has 0 aliphatic carbocycles. The van der Waals surface area contributed by atoms with Gasteiger partial charge < -0.3 is 9.73 Å². The molecule has 3 rings (SSSR count). The van der Waals surface area contributed by atoms with Crippen LogP contribution in [0.2, 0.25) is 0 Å². The number of nitrogens with zero attached hydrogens (tertiary/aromatic N) is 1. The molecule has 0 fully saturated rings. The van der Waals surface area contributed by atoms with Crippen molar-refractivity contribution >= 4 is 11.7 Å². The number of carbonyl (C=O) groups excluding carboxylic acids is 1. The number of aromatic nitrogens is 1. The van der Waals surface area contributed by atoms with Gasteiger partial charge in [-0.2, -0.15) is 0 Å². The summed E-state index contributed by atoms with van der Waals surface area (Å²) >= 11 is 0. The largest absolute Gasteiger partial charge is 0.451 e. The second-order valence-electron chi connectivity index (χ2n) is 4.79. The number of hydrogen-bond donors (Lipinski definition) is 1. The minimum atomic E-state index is -0.379. The van der Waals surface area contributed by atoms with E-state index in [1.807, 2.05) is 13.0 Å². The number of hydrogen-bond acceptors (Lipinski definition) is 3. The van der Waals surface area contributed by atoms with Crippen molar-refractivity contribution in [1.29, 1.82) is 0 Å². The van der Waals surface area contributed by atoms with Crippen molar-refractivity contribution in [3.63, 3.8) is 0 Å². The van der Waals surface area contributed by atoms with Gasteiger partial charge in [0, 0.05) is 11.8 Å². The van der Waals surface area contributed by atoms with Gasteiger partial charge in [-0.25, -0.2) is 9.37 Å². The molecule has 0 saturated heterocycles. The van der Waals surface area contributed by atoms with Crippen molar-refractivity contribution in [3.05, 3.63) is 71.9 Å². The second-order valence-corrected chi connectivity index (χ2v) is 4.79. The molecular weight excluding hydrogens is 283 g/mol. The molecule has 0 saturated carbocycles. The van der Waals surface area contributed by atoms with Crippen LogP contribution in [0.1, 0.15) is 16.1 Å². The van der Waals surface area contributed by atoms with Crippen LogP contribution in [0.25, 0.3) is 11.3 Å². The van der Waals surface area contributed by atoms with Gasteiger partial charge in [-0.1, -0.05) is 6.07 Å². The highest BCUT2D eigenvalue weighted by Crippen LogP contribution is 2.23. The van der Waals surface area contributed by atoms with Crippen molar-refractivity contribution in [2.24, 2.45) is 0 Å². The Morgan fingerprint density at radius 1 is 1.14 bits per heavy atom. The summed E-state index contributed by atoms with van der Waals surface area (Å²) in [5.74, 6) is 0.466. The van der Waals surface area contributed by atoms with Gasteiger partial charge in [-0.3, -0.25) is 4.79 Å². The maximum Gasteiger partial charge on any atom is 0.292 e. The summed E-state index contributed by atoms with van der Waals surface area (Å²) in [5.41, 5.74) is 1.57.